The van der Waals surface area contributed by atoms with E-state index >= 15 is 0 Å². The molecular formula is C16H19ClN6O2. The summed E-state index contributed by atoms with van der Waals surface area (Å²) in [4.78, 5) is 29.8. The second-order valence-corrected chi connectivity index (χ2v) is 6.17. The molecule has 0 saturated carbocycles. The van der Waals surface area contributed by atoms with Crippen molar-refractivity contribution in [2.45, 2.75) is 13.3 Å². The quantitative estimate of drug-likeness (QED) is 0.869. The highest BCUT2D eigenvalue weighted by molar-refractivity contribution is 6.32. The Morgan fingerprint density at radius 1 is 1.40 bits per heavy atom. The van der Waals surface area contributed by atoms with Crippen molar-refractivity contribution in [1.82, 2.24) is 25.0 Å². The number of rotatable bonds is 4. The molecule has 0 unspecified atom stereocenters. The number of hydrogen-bond acceptors (Lipinski definition) is 4. The maximum Gasteiger partial charge on any atom is 0.321 e. The zero-order chi connectivity index (χ0) is 17.8. The topological polar surface area (TPSA) is 92.2 Å². The predicted octanol–water partition coefficient (Wildman–Crippen LogP) is 1.91. The highest BCUT2D eigenvalue weighted by atomic mass is 35.5. The lowest BCUT2D eigenvalue weighted by atomic mass is 10.1. The van der Waals surface area contributed by atoms with Crippen LogP contribution in [0.25, 0.3) is 5.69 Å². The minimum absolute atomic E-state index is 0.00182. The Balaban J connectivity index is 1.62. The Morgan fingerprint density at radius 3 is 2.92 bits per heavy atom. The predicted molar refractivity (Wildman–Crippen MR) is 93.8 cm³/mol. The normalized spacial score (nSPS) is 16.7. The summed E-state index contributed by atoms with van der Waals surface area (Å²) >= 11 is 6.26. The van der Waals surface area contributed by atoms with E-state index in [0.29, 0.717) is 42.5 Å². The Kier molecular flexibility index (Phi) is 5.18. The average molecular weight is 363 g/mol. The molecule has 0 spiro atoms. The summed E-state index contributed by atoms with van der Waals surface area (Å²) in [5.41, 5.74) is 1.26. The molecule has 9 heteroatoms. The molecule has 1 aliphatic rings. The molecule has 1 aliphatic heterocycles. The number of amides is 3. The van der Waals surface area contributed by atoms with Gasteiger partial charge in [-0.25, -0.2) is 14.5 Å². The van der Waals surface area contributed by atoms with E-state index in [0.717, 1.165) is 0 Å². The van der Waals surface area contributed by atoms with Crippen LogP contribution in [0.3, 0.4) is 0 Å². The van der Waals surface area contributed by atoms with Crippen LogP contribution in [0.2, 0.25) is 5.02 Å². The van der Waals surface area contributed by atoms with Crippen molar-refractivity contribution in [2.24, 2.45) is 5.92 Å². The zero-order valence-electron chi connectivity index (χ0n) is 13.8. The highest BCUT2D eigenvalue weighted by Crippen LogP contribution is 2.24. The van der Waals surface area contributed by atoms with E-state index in [1.807, 2.05) is 6.92 Å². The lowest BCUT2D eigenvalue weighted by molar-refractivity contribution is -0.124. The zero-order valence-corrected chi connectivity index (χ0v) is 14.5. The van der Waals surface area contributed by atoms with Crippen molar-refractivity contribution in [2.75, 3.05) is 25.0 Å². The number of carbonyl (C=O) groups is 2. The van der Waals surface area contributed by atoms with Crippen molar-refractivity contribution in [3.05, 3.63) is 35.9 Å². The number of halogens is 1. The summed E-state index contributed by atoms with van der Waals surface area (Å²) < 4.78 is 1.55. The van der Waals surface area contributed by atoms with Crippen LogP contribution in [-0.4, -0.2) is 51.2 Å². The van der Waals surface area contributed by atoms with Crippen LogP contribution >= 0.6 is 11.6 Å². The molecule has 0 radical (unpaired) electrons. The van der Waals surface area contributed by atoms with Crippen LogP contribution < -0.4 is 10.6 Å². The second kappa shape index (κ2) is 7.52. The minimum Gasteiger partial charge on any atom is -0.356 e. The summed E-state index contributed by atoms with van der Waals surface area (Å²) in [7, 11) is 0. The van der Waals surface area contributed by atoms with Crippen molar-refractivity contribution in [1.29, 1.82) is 0 Å². The number of hydrogen-bond donors (Lipinski definition) is 2. The van der Waals surface area contributed by atoms with Gasteiger partial charge in [-0.05, 0) is 31.5 Å². The van der Waals surface area contributed by atoms with Gasteiger partial charge in [0.2, 0.25) is 5.91 Å². The largest absolute Gasteiger partial charge is 0.356 e. The van der Waals surface area contributed by atoms with E-state index in [1.165, 1.54) is 6.33 Å². The van der Waals surface area contributed by atoms with Crippen LogP contribution in [0.5, 0.6) is 0 Å². The first kappa shape index (κ1) is 17.2. The number of benzene rings is 1. The standard InChI is InChI=1S/C16H19ClN6O2/c1-2-19-15(24)11-5-6-22(8-11)16(25)21-12-3-4-14(13(17)7-12)23-10-18-9-20-23/h3-4,7,9-11H,2,5-6,8H2,1H3,(H,19,24)(H,21,25)/t11-/m0/s1. The van der Waals surface area contributed by atoms with Gasteiger partial charge in [-0.3, -0.25) is 4.79 Å². The first-order valence-electron chi connectivity index (χ1n) is 8.06. The van der Waals surface area contributed by atoms with Gasteiger partial charge >= 0.3 is 6.03 Å². The molecule has 1 fully saturated rings. The molecule has 8 nitrogen and oxygen atoms in total. The van der Waals surface area contributed by atoms with Gasteiger partial charge in [0, 0.05) is 25.3 Å². The molecule has 3 rings (SSSR count). The average Bonchev–Trinajstić information content (AvgIpc) is 3.27. The number of likely N-dealkylation sites (tertiary alicyclic amines) is 1. The van der Waals surface area contributed by atoms with Crippen molar-refractivity contribution in [3.8, 4) is 5.69 Å². The van der Waals surface area contributed by atoms with Crippen LogP contribution in [0.15, 0.2) is 30.9 Å². The van der Waals surface area contributed by atoms with Gasteiger partial charge in [-0.2, -0.15) is 5.10 Å². The number of carbonyl (C=O) groups excluding carboxylic acids is 2. The number of anilines is 1. The lowest BCUT2D eigenvalue weighted by Crippen LogP contribution is -2.36. The summed E-state index contributed by atoms with van der Waals surface area (Å²) in [6.07, 6.45) is 3.64. The van der Waals surface area contributed by atoms with Gasteiger partial charge in [0.15, 0.2) is 0 Å². The van der Waals surface area contributed by atoms with Gasteiger partial charge in [-0.15, -0.1) is 0 Å². The molecule has 1 atom stereocenters. The summed E-state index contributed by atoms with van der Waals surface area (Å²) in [6.45, 7) is 3.45. The molecule has 2 aromatic rings. The van der Waals surface area contributed by atoms with Crippen LogP contribution in [0.1, 0.15) is 13.3 Å². The molecule has 0 bridgehead atoms. The Hall–Kier alpha value is -2.61. The van der Waals surface area contributed by atoms with Crippen LogP contribution in [0.4, 0.5) is 10.5 Å². The highest BCUT2D eigenvalue weighted by Gasteiger charge is 2.30. The second-order valence-electron chi connectivity index (χ2n) is 5.76. The van der Waals surface area contributed by atoms with E-state index in [-0.39, 0.29) is 17.9 Å². The van der Waals surface area contributed by atoms with Gasteiger partial charge < -0.3 is 15.5 Å². The first-order valence-corrected chi connectivity index (χ1v) is 8.44. The van der Waals surface area contributed by atoms with E-state index in [9.17, 15) is 9.59 Å². The maximum absolute atomic E-state index is 12.4. The Morgan fingerprint density at radius 2 is 2.24 bits per heavy atom. The minimum atomic E-state index is -0.239. The van der Waals surface area contributed by atoms with Gasteiger partial charge in [-0.1, -0.05) is 11.6 Å². The van der Waals surface area contributed by atoms with Crippen molar-refractivity contribution < 1.29 is 9.59 Å². The molecule has 3 amide bonds. The van der Waals surface area contributed by atoms with Gasteiger partial charge in [0.1, 0.15) is 12.7 Å². The smallest absolute Gasteiger partial charge is 0.321 e. The lowest BCUT2D eigenvalue weighted by Gasteiger charge is -2.17. The third kappa shape index (κ3) is 3.90. The molecule has 1 aromatic carbocycles. The summed E-state index contributed by atoms with van der Waals surface area (Å²) in [5.74, 6) is -0.151. The maximum atomic E-state index is 12.4. The van der Waals surface area contributed by atoms with Gasteiger partial charge in [0.25, 0.3) is 0 Å². The van der Waals surface area contributed by atoms with E-state index in [4.69, 9.17) is 11.6 Å². The van der Waals surface area contributed by atoms with E-state index in [1.54, 1.807) is 34.1 Å². The fourth-order valence-electron chi connectivity index (χ4n) is 2.78. The van der Waals surface area contributed by atoms with E-state index in [2.05, 4.69) is 20.7 Å². The van der Waals surface area contributed by atoms with E-state index < -0.39 is 0 Å². The Bertz CT molecular complexity index is 764. The number of nitrogens with one attached hydrogen (secondary N) is 2. The third-order valence-corrected chi connectivity index (χ3v) is 4.36. The molecule has 132 valence electrons. The van der Waals surface area contributed by atoms with Crippen molar-refractivity contribution >= 4 is 29.2 Å². The number of nitrogens with zero attached hydrogens (tertiary/aromatic N) is 4. The molecular weight excluding hydrogens is 344 g/mol. The van der Waals surface area contributed by atoms with Gasteiger partial charge in [0.05, 0.1) is 16.6 Å². The monoisotopic (exact) mass is 362 g/mol. The molecule has 1 aromatic heterocycles. The molecule has 25 heavy (non-hydrogen) atoms. The SMILES string of the molecule is CCNC(=O)[C@H]1CCN(C(=O)Nc2ccc(-n3cncn3)c(Cl)c2)C1. The fraction of sp³-hybridized carbons (Fsp3) is 0.375. The molecule has 1 saturated heterocycles. The van der Waals surface area contributed by atoms with Crippen LogP contribution in [0, 0.1) is 5.92 Å². The fourth-order valence-corrected chi connectivity index (χ4v) is 3.05. The van der Waals surface area contributed by atoms with Crippen molar-refractivity contribution in [3.63, 3.8) is 0 Å². The number of aromatic nitrogens is 3. The third-order valence-electron chi connectivity index (χ3n) is 4.06. The first-order chi connectivity index (χ1) is 12.1. The molecule has 2 N–H and O–H groups in total. The molecule has 0 aliphatic carbocycles. The molecule has 2 heterocycles. The Labute approximate surface area is 150 Å². The number of urea groups is 1. The summed E-state index contributed by atoms with van der Waals surface area (Å²) in [5, 5.41) is 10.1. The summed E-state index contributed by atoms with van der Waals surface area (Å²) in [6, 6.07) is 4.93. The van der Waals surface area contributed by atoms with Crippen LogP contribution in [-0.2, 0) is 4.79 Å².